The van der Waals surface area contributed by atoms with Crippen molar-refractivity contribution in [1.29, 1.82) is 0 Å². The van der Waals surface area contributed by atoms with Crippen molar-refractivity contribution < 1.29 is 9.90 Å². The van der Waals surface area contributed by atoms with Gasteiger partial charge in [-0.1, -0.05) is 36.4 Å². The third-order valence-electron chi connectivity index (χ3n) is 6.33. The predicted molar refractivity (Wildman–Crippen MR) is 117 cm³/mol. The van der Waals surface area contributed by atoms with E-state index < -0.39 is 6.10 Å². The summed E-state index contributed by atoms with van der Waals surface area (Å²) in [5.41, 5.74) is 4.07. The van der Waals surface area contributed by atoms with Gasteiger partial charge in [0.05, 0.1) is 29.8 Å². The van der Waals surface area contributed by atoms with E-state index in [-0.39, 0.29) is 6.03 Å². The molecule has 1 aromatic carbocycles. The quantitative estimate of drug-likeness (QED) is 0.703. The van der Waals surface area contributed by atoms with Gasteiger partial charge in [0, 0.05) is 24.0 Å². The standard InChI is InChI=1S/C24H26N4O2/c29-22(23-20-9-5-4-8-19(20)21-15-25-16-28(21)23)14-17-10-12-27(13-11-17)24(30)26-18-6-2-1-3-7-18/h1-8,15-17,22,29H,9-14H2,(H,26,30). The van der Waals surface area contributed by atoms with Crippen molar-refractivity contribution in [1.82, 2.24) is 14.3 Å². The van der Waals surface area contributed by atoms with Crippen LogP contribution in [0.15, 0.2) is 55.0 Å². The highest BCUT2D eigenvalue weighted by atomic mass is 16.3. The minimum Gasteiger partial charge on any atom is -0.387 e. The Bertz CT molecular complexity index is 1130. The van der Waals surface area contributed by atoms with Crippen molar-refractivity contribution >= 4 is 23.3 Å². The van der Waals surface area contributed by atoms with E-state index >= 15 is 0 Å². The zero-order valence-electron chi connectivity index (χ0n) is 16.9. The Morgan fingerprint density at radius 2 is 2.03 bits per heavy atom. The molecule has 2 amide bonds. The Morgan fingerprint density at radius 3 is 2.83 bits per heavy atom. The van der Waals surface area contributed by atoms with E-state index in [9.17, 15) is 9.90 Å². The molecule has 1 fully saturated rings. The number of allylic oxidation sites excluding steroid dienone is 2. The molecule has 1 saturated heterocycles. The summed E-state index contributed by atoms with van der Waals surface area (Å²) in [7, 11) is 0. The van der Waals surface area contributed by atoms with Crippen LogP contribution in [0.1, 0.15) is 36.6 Å². The molecule has 6 heteroatoms. The van der Waals surface area contributed by atoms with Gasteiger partial charge in [0.2, 0.25) is 0 Å². The number of hydrogen-bond donors (Lipinski definition) is 2. The lowest BCUT2D eigenvalue weighted by atomic mass is 9.89. The molecular formula is C24H26N4O2. The number of aromatic nitrogens is 2. The van der Waals surface area contributed by atoms with Crippen LogP contribution in [-0.2, 0) is 6.42 Å². The second kappa shape index (κ2) is 7.95. The highest BCUT2D eigenvalue weighted by molar-refractivity contribution is 5.89. The first kappa shape index (κ1) is 18.9. The van der Waals surface area contributed by atoms with E-state index in [0.717, 1.165) is 36.2 Å². The second-order valence-electron chi connectivity index (χ2n) is 8.20. The molecule has 30 heavy (non-hydrogen) atoms. The van der Waals surface area contributed by atoms with E-state index in [4.69, 9.17) is 0 Å². The largest absolute Gasteiger partial charge is 0.387 e. The molecule has 1 unspecified atom stereocenters. The van der Waals surface area contributed by atoms with E-state index in [2.05, 4.69) is 28.5 Å². The molecule has 1 atom stereocenters. The highest BCUT2D eigenvalue weighted by Gasteiger charge is 2.28. The van der Waals surface area contributed by atoms with Crippen LogP contribution in [0, 0.1) is 5.92 Å². The maximum atomic E-state index is 12.5. The number of nitrogens with zero attached hydrogens (tertiary/aromatic N) is 3. The number of nitrogens with one attached hydrogen (secondary N) is 1. The van der Waals surface area contributed by atoms with Crippen molar-refractivity contribution in [2.24, 2.45) is 5.92 Å². The molecule has 2 N–H and O–H groups in total. The number of aliphatic hydroxyl groups is 1. The number of amides is 2. The van der Waals surface area contributed by atoms with E-state index in [0.29, 0.717) is 25.4 Å². The molecule has 6 nitrogen and oxygen atoms in total. The fraction of sp³-hybridized carbons (Fsp3) is 0.333. The average Bonchev–Trinajstić information content (AvgIpc) is 3.35. The summed E-state index contributed by atoms with van der Waals surface area (Å²) in [6.07, 6.45) is 12.8. The van der Waals surface area contributed by atoms with Crippen LogP contribution in [0.25, 0.3) is 11.6 Å². The van der Waals surface area contributed by atoms with Gasteiger partial charge >= 0.3 is 6.03 Å². The lowest BCUT2D eigenvalue weighted by Gasteiger charge is -2.33. The Kier molecular flexibility index (Phi) is 5.01. The SMILES string of the molecule is O=C(Nc1ccccc1)N1CCC(CC(O)c2c3c(c4cncn24)=CC=CC3)CC1. The van der Waals surface area contributed by atoms with Gasteiger partial charge in [0.1, 0.15) is 0 Å². The predicted octanol–water partition coefficient (Wildman–Crippen LogP) is 3.31. The number of aliphatic hydroxyl groups excluding tert-OH is 1. The van der Waals surface area contributed by atoms with Crippen LogP contribution in [0.4, 0.5) is 10.5 Å². The average molecular weight is 402 g/mol. The van der Waals surface area contributed by atoms with Crippen LogP contribution >= 0.6 is 0 Å². The minimum atomic E-state index is -0.528. The molecule has 1 aliphatic heterocycles. The molecular weight excluding hydrogens is 376 g/mol. The second-order valence-corrected chi connectivity index (χ2v) is 8.20. The summed E-state index contributed by atoms with van der Waals surface area (Å²) in [6.45, 7) is 1.43. The van der Waals surface area contributed by atoms with Crippen LogP contribution in [0.2, 0.25) is 0 Å². The number of urea groups is 1. The van der Waals surface area contributed by atoms with Gasteiger partial charge in [-0.25, -0.2) is 9.78 Å². The van der Waals surface area contributed by atoms with Crippen molar-refractivity contribution in [2.45, 2.75) is 31.8 Å². The zero-order valence-corrected chi connectivity index (χ0v) is 16.9. The van der Waals surface area contributed by atoms with Gasteiger partial charge in [0.25, 0.3) is 0 Å². The number of benzene rings is 1. The first-order valence-corrected chi connectivity index (χ1v) is 10.6. The lowest BCUT2D eigenvalue weighted by molar-refractivity contribution is 0.112. The number of para-hydroxylation sites is 1. The number of anilines is 1. The topological polar surface area (TPSA) is 69.9 Å². The molecule has 5 rings (SSSR count). The van der Waals surface area contributed by atoms with Crippen LogP contribution in [0.5, 0.6) is 0 Å². The first-order valence-electron chi connectivity index (χ1n) is 10.6. The van der Waals surface area contributed by atoms with Gasteiger partial charge in [-0.15, -0.1) is 0 Å². The van der Waals surface area contributed by atoms with Crippen molar-refractivity contribution in [3.63, 3.8) is 0 Å². The molecule has 0 saturated carbocycles. The molecule has 3 heterocycles. The molecule has 0 bridgehead atoms. The molecule has 0 spiro atoms. The zero-order chi connectivity index (χ0) is 20.5. The van der Waals surface area contributed by atoms with Crippen LogP contribution < -0.4 is 10.5 Å². The minimum absolute atomic E-state index is 0.0484. The summed E-state index contributed by atoms with van der Waals surface area (Å²) in [5.74, 6) is 0.396. The number of hydrogen-bond acceptors (Lipinski definition) is 3. The number of carbonyl (C=O) groups is 1. The molecule has 154 valence electrons. The van der Waals surface area contributed by atoms with Gasteiger partial charge in [-0.05, 0) is 49.3 Å². The monoisotopic (exact) mass is 402 g/mol. The number of fused-ring (bicyclic) bond motifs is 3. The Labute approximate surface area is 175 Å². The smallest absolute Gasteiger partial charge is 0.321 e. The van der Waals surface area contributed by atoms with E-state index in [1.54, 1.807) is 6.33 Å². The number of carbonyl (C=O) groups excluding carboxylic acids is 1. The molecule has 2 aliphatic rings. The van der Waals surface area contributed by atoms with Crippen LogP contribution in [0.3, 0.4) is 0 Å². The third kappa shape index (κ3) is 3.48. The van der Waals surface area contributed by atoms with Gasteiger partial charge < -0.3 is 15.3 Å². The number of rotatable bonds is 4. The summed E-state index contributed by atoms with van der Waals surface area (Å²) in [4.78, 5) is 18.7. The summed E-state index contributed by atoms with van der Waals surface area (Å²) in [5, 5.41) is 15.3. The molecule has 2 aromatic heterocycles. The van der Waals surface area contributed by atoms with Gasteiger partial charge in [-0.2, -0.15) is 0 Å². The fourth-order valence-corrected chi connectivity index (χ4v) is 4.76. The van der Waals surface area contributed by atoms with Gasteiger partial charge in [0.15, 0.2) is 0 Å². The van der Waals surface area contributed by atoms with Crippen LogP contribution in [-0.4, -0.2) is 38.5 Å². The van der Waals surface area contributed by atoms with Crippen molar-refractivity contribution in [2.75, 3.05) is 18.4 Å². The normalized spacial score (nSPS) is 17.6. The number of piperidine rings is 1. The maximum absolute atomic E-state index is 12.5. The Morgan fingerprint density at radius 1 is 1.23 bits per heavy atom. The van der Waals surface area contributed by atoms with Crippen molar-refractivity contribution in [3.8, 4) is 0 Å². The van der Waals surface area contributed by atoms with Gasteiger partial charge in [-0.3, -0.25) is 4.40 Å². The Balaban J connectivity index is 1.23. The van der Waals surface area contributed by atoms with Crippen molar-refractivity contribution in [3.05, 3.63) is 71.5 Å². The summed E-state index contributed by atoms with van der Waals surface area (Å²) < 4.78 is 2.04. The summed E-state index contributed by atoms with van der Waals surface area (Å²) >= 11 is 0. The highest BCUT2D eigenvalue weighted by Crippen LogP contribution is 2.31. The Hall–Kier alpha value is -3.12. The molecule has 1 aliphatic carbocycles. The maximum Gasteiger partial charge on any atom is 0.321 e. The molecule has 0 radical (unpaired) electrons. The van der Waals surface area contributed by atoms with E-state index in [1.165, 1.54) is 10.8 Å². The number of likely N-dealkylation sites (tertiary alicyclic amines) is 1. The third-order valence-corrected chi connectivity index (χ3v) is 6.33. The lowest BCUT2D eigenvalue weighted by Crippen LogP contribution is -2.41. The summed E-state index contributed by atoms with van der Waals surface area (Å²) in [6, 6.07) is 9.50. The van der Waals surface area contributed by atoms with E-state index in [1.807, 2.05) is 45.8 Å². The molecule has 3 aromatic rings. The number of imidazole rings is 1. The fourth-order valence-electron chi connectivity index (χ4n) is 4.76. The first-order chi connectivity index (χ1) is 14.7.